The molecule has 1 aromatic heterocycles. The van der Waals surface area contributed by atoms with Crippen molar-refractivity contribution in [3.05, 3.63) is 22.4 Å². The topological polar surface area (TPSA) is 55.1 Å². The van der Waals surface area contributed by atoms with E-state index in [2.05, 4.69) is 23.7 Å². The minimum Gasteiger partial charge on any atom is -0.353 e. The van der Waals surface area contributed by atoms with Gasteiger partial charge < -0.3 is 11.1 Å². The first-order valence-electron chi connectivity index (χ1n) is 7.10. The molecule has 3 unspecified atom stereocenters. The van der Waals surface area contributed by atoms with E-state index in [-0.39, 0.29) is 35.8 Å². The van der Waals surface area contributed by atoms with Crippen LogP contribution in [0.25, 0.3) is 0 Å². The molecule has 20 heavy (non-hydrogen) atoms. The maximum absolute atomic E-state index is 12.4. The van der Waals surface area contributed by atoms with E-state index in [0.29, 0.717) is 0 Å². The first-order chi connectivity index (χ1) is 8.99. The molecule has 3 nitrogen and oxygen atoms in total. The third kappa shape index (κ3) is 4.47. The summed E-state index contributed by atoms with van der Waals surface area (Å²) in [5, 5.41) is 5.20. The van der Waals surface area contributed by atoms with E-state index >= 15 is 0 Å². The van der Waals surface area contributed by atoms with Crippen LogP contribution < -0.4 is 11.1 Å². The molecule has 1 aliphatic carbocycles. The van der Waals surface area contributed by atoms with Gasteiger partial charge in [0.05, 0.1) is 5.92 Å². The normalized spacial score (nSPS) is 27.4. The summed E-state index contributed by atoms with van der Waals surface area (Å²) in [6.45, 7) is 4.08. The lowest BCUT2D eigenvalue weighted by molar-refractivity contribution is -0.128. The summed E-state index contributed by atoms with van der Waals surface area (Å²) in [6, 6.07) is 4.33. The van der Waals surface area contributed by atoms with E-state index in [4.69, 9.17) is 5.73 Å². The summed E-state index contributed by atoms with van der Waals surface area (Å²) in [4.78, 5) is 13.7. The first-order valence-corrected chi connectivity index (χ1v) is 7.98. The molecule has 0 bridgehead atoms. The zero-order chi connectivity index (χ0) is 13.9. The van der Waals surface area contributed by atoms with Crippen LogP contribution in [0.2, 0.25) is 0 Å². The van der Waals surface area contributed by atoms with Gasteiger partial charge in [0, 0.05) is 22.9 Å². The van der Waals surface area contributed by atoms with Crippen LogP contribution in [0.15, 0.2) is 17.5 Å². The zero-order valence-corrected chi connectivity index (χ0v) is 13.9. The predicted molar refractivity (Wildman–Crippen MR) is 87.4 cm³/mol. The fourth-order valence-electron chi connectivity index (χ4n) is 2.91. The van der Waals surface area contributed by atoms with Crippen molar-refractivity contribution < 1.29 is 4.79 Å². The van der Waals surface area contributed by atoms with Crippen LogP contribution in [0.3, 0.4) is 0 Å². The van der Waals surface area contributed by atoms with Crippen LogP contribution in [-0.4, -0.2) is 17.5 Å². The molecule has 0 radical (unpaired) electrons. The minimum absolute atomic E-state index is 0. The Morgan fingerprint density at radius 3 is 2.95 bits per heavy atom. The number of nitrogens with one attached hydrogen (secondary N) is 1. The van der Waals surface area contributed by atoms with E-state index in [1.807, 2.05) is 13.0 Å². The van der Waals surface area contributed by atoms with E-state index < -0.39 is 0 Å². The van der Waals surface area contributed by atoms with Gasteiger partial charge in [-0.1, -0.05) is 18.9 Å². The molecular formula is C15H25ClN2OS. The number of thiophene rings is 1. The Hall–Kier alpha value is -0.580. The van der Waals surface area contributed by atoms with Gasteiger partial charge in [-0.15, -0.1) is 23.7 Å². The summed E-state index contributed by atoms with van der Waals surface area (Å²) in [6.07, 6.45) is 5.03. The lowest BCUT2D eigenvalue weighted by Crippen LogP contribution is -2.54. The average Bonchev–Trinajstić information content (AvgIpc) is 2.80. The first kappa shape index (κ1) is 17.5. The molecule has 3 N–H and O–H groups in total. The maximum Gasteiger partial charge on any atom is 0.225 e. The van der Waals surface area contributed by atoms with Gasteiger partial charge in [-0.2, -0.15) is 0 Å². The van der Waals surface area contributed by atoms with Crippen molar-refractivity contribution in [1.82, 2.24) is 5.32 Å². The number of halogens is 1. The number of amides is 1. The lowest BCUT2D eigenvalue weighted by Gasteiger charge is -2.37. The zero-order valence-electron chi connectivity index (χ0n) is 12.2. The van der Waals surface area contributed by atoms with Crippen LogP contribution in [0.5, 0.6) is 0 Å². The molecule has 3 atom stereocenters. The minimum atomic E-state index is -0.342. The summed E-state index contributed by atoms with van der Waals surface area (Å²) in [5.74, 6) is 0.0980. The molecule has 2 rings (SSSR count). The molecule has 0 aromatic carbocycles. The fourth-order valence-corrected chi connectivity index (χ4v) is 3.75. The summed E-state index contributed by atoms with van der Waals surface area (Å²) in [5.41, 5.74) is 5.93. The van der Waals surface area contributed by atoms with Crippen molar-refractivity contribution >= 4 is 29.7 Å². The van der Waals surface area contributed by atoms with Gasteiger partial charge in [0.2, 0.25) is 5.91 Å². The Kier molecular flexibility index (Phi) is 6.49. The smallest absolute Gasteiger partial charge is 0.225 e. The second-order valence-electron chi connectivity index (χ2n) is 6.00. The Balaban J connectivity index is 0.00000200. The monoisotopic (exact) mass is 316 g/mol. The molecule has 1 fully saturated rings. The second kappa shape index (κ2) is 7.43. The van der Waals surface area contributed by atoms with Gasteiger partial charge in [-0.05, 0) is 38.1 Å². The highest BCUT2D eigenvalue weighted by Gasteiger charge is 2.37. The number of hydrogen-bond acceptors (Lipinski definition) is 3. The Labute approximate surface area is 131 Å². The lowest BCUT2D eigenvalue weighted by atomic mass is 9.74. The van der Waals surface area contributed by atoms with Gasteiger partial charge in [0.15, 0.2) is 0 Å². The van der Waals surface area contributed by atoms with E-state index in [9.17, 15) is 4.79 Å². The SMILES string of the molecule is CC(Cc1cccs1)NC(=O)C1CCCCC1(C)N.Cl. The van der Waals surface area contributed by atoms with Gasteiger partial charge in [-0.3, -0.25) is 4.79 Å². The largest absolute Gasteiger partial charge is 0.353 e. The van der Waals surface area contributed by atoms with Crippen molar-refractivity contribution in [2.45, 2.75) is 57.5 Å². The van der Waals surface area contributed by atoms with E-state index in [1.165, 1.54) is 4.88 Å². The number of carbonyl (C=O) groups is 1. The van der Waals surface area contributed by atoms with Crippen LogP contribution in [0.1, 0.15) is 44.4 Å². The fraction of sp³-hybridized carbons (Fsp3) is 0.667. The summed E-state index contributed by atoms with van der Waals surface area (Å²) < 4.78 is 0. The molecule has 0 spiro atoms. The predicted octanol–water partition coefficient (Wildman–Crippen LogP) is 3.12. The molecule has 1 aromatic rings. The molecule has 1 aliphatic rings. The Bertz CT molecular complexity index is 420. The molecular weight excluding hydrogens is 292 g/mol. The molecule has 0 saturated heterocycles. The maximum atomic E-state index is 12.4. The van der Waals surface area contributed by atoms with Crippen molar-refractivity contribution in [2.75, 3.05) is 0 Å². The summed E-state index contributed by atoms with van der Waals surface area (Å²) >= 11 is 1.74. The van der Waals surface area contributed by atoms with Crippen LogP contribution >= 0.6 is 23.7 Å². The highest BCUT2D eigenvalue weighted by Crippen LogP contribution is 2.31. The van der Waals surface area contributed by atoms with Gasteiger partial charge in [0.1, 0.15) is 0 Å². The molecule has 1 saturated carbocycles. The van der Waals surface area contributed by atoms with Crippen molar-refractivity contribution in [2.24, 2.45) is 11.7 Å². The molecule has 114 valence electrons. The number of nitrogens with two attached hydrogens (primary N) is 1. The van der Waals surface area contributed by atoms with Crippen molar-refractivity contribution in [3.63, 3.8) is 0 Å². The summed E-state index contributed by atoms with van der Waals surface area (Å²) in [7, 11) is 0. The second-order valence-corrected chi connectivity index (χ2v) is 7.03. The van der Waals surface area contributed by atoms with Crippen LogP contribution in [0.4, 0.5) is 0 Å². The average molecular weight is 317 g/mol. The van der Waals surface area contributed by atoms with Crippen molar-refractivity contribution in [1.29, 1.82) is 0 Å². The van der Waals surface area contributed by atoms with E-state index in [1.54, 1.807) is 11.3 Å². The standard InChI is InChI=1S/C15H24N2OS.ClH/c1-11(10-12-6-5-9-19-12)17-14(18)13-7-3-4-8-15(13,2)16;/h5-6,9,11,13H,3-4,7-8,10,16H2,1-2H3,(H,17,18);1H. The highest BCUT2D eigenvalue weighted by atomic mass is 35.5. The molecule has 0 aliphatic heterocycles. The van der Waals surface area contributed by atoms with Gasteiger partial charge in [-0.25, -0.2) is 0 Å². The van der Waals surface area contributed by atoms with Gasteiger partial charge >= 0.3 is 0 Å². The van der Waals surface area contributed by atoms with Crippen LogP contribution in [-0.2, 0) is 11.2 Å². The third-order valence-corrected chi connectivity index (χ3v) is 4.95. The number of hydrogen-bond donors (Lipinski definition) is 2. The molecule has 5 heteroatoms. The number of carbonyl (C=O) groups excluding carboxylic acids is 1. The Morgan fingerprint density at radius 1 is 1.60 bits per heavy atom. The number of rotatable bonds is 4. The molecule has 1 amide bonds. The Morgan fingerprint density at radius 2 is 2.35 bits per heavy atom. The van der Waals surface area contributed by atoms with E-state index in [0.717, 1.165) is 32.1 Å². The van der Waals surface area contributed by atoms with Gasteiger partial charge in [0.25, 0.3) is 0 Å². The highest BCUT2D eigenvalue weighted by molar-refractivity contribution is 7.09. The quantitative estimate of drug-likeness (QED) is 0.896. The van der Waals surface area contributed by atoms with Crippen LogP contribution in [0, 0.1) is 5.92 Å². The third-order valence-electron chi connectivity index (χ3n) is 4.05. The van der Waals surface area contributed by atoms with Crippen molar-refractivity contribution in [3.8, 4) is 0 Å². The molecule has 1 heterocycles.